The van der Waals surface area contributed by atoms with Crippen molar-refractivity contribution in [2.75, 3.05) is 5.32 Å². The predicted molar refractivity (Wildman–Crippen MR) is 124 cm³/mol. The number of benzene rings is 3. The molecule has 2 amide bonds. The second-order valence-corrected chi connectivity index (χ2v) is 7.52. The zero-order valence-electron chi connectivity index (χ0n) is 18.2. The van der Waals surface area contributed by atoms with Crippen molar-refractivity contribution in [1.29, 1.82) is 0 Å². The van der Waals surface area contributed by atoms with Gasteiger partial charge in [0.2, 0.25) is 0 Å². The number of aromatic nitrogens is 2. The molecule has 0 saturated carbocycles. The number of hydrogen-bond donors (Lipinski definition) is 3. The lowest BCUT2D eigenvalue weighted by molar-refractivity contribution is -0.0507. The normalized spacial score (nSPS) is 11.9. The summed E-state index contributed by atoms with van der Waals surface area (Å²) in [6.45, 7) is -1.14. The maximum atomic E-state index is 12.9. The van der Waals surface area contributed by atoms with Gasteiger partial charge in [-0.3, -0.25) is 9.59 Å². The van der Waals surface area contributed by atoms with Crippen molar-refractivity contribution in [1.82, 2.24) is 15.3 Å². The van der Waals surface area contributed by atoms with Crippen molar-refractivity contribution < 1.29 is 23.1 Å². The van der Waals surface area contributed by atoms with E-state index >= 15 is 0 Å². The number of carbonyl (C=O) groups excluding carboxylic acids is 2. The maximum Gasteiger partial charge on any atom is 0.387 e. The standard InChI is InChI=1S/C25H22F2N4O3/c1-2-19(18-8-3-4-9-22(18)34-25(26)27)31-24(33)15-6-5-7-17(12-15)30-23(32)16-10-11-20-21(13-16)29-14-28-20/h3-14,19,25H,2H2,1H3,(H,28,29)(H,30,32)(H,31,33)/t19-/m1/s1. The van der Waals surface area contributed by atoms with Crippen molar-refractivity contribution >= 4 is 28.5 Å². The third-order valence-corrected chi connectivity index (χ3v) is 5.29. The summed E-state index contributed by atoms with van der Waals surface area (Å²) >= 11 is 0. The van der Waals surface area contributed by atoms with Crippen LogP contribution < -0.4 is 15.4 Å². The Hall–Kier alpha value is -4.27. The van der Waals surface area contributed by atoms with Gasteiger partial charge in [0.25, 0.3) is 11.8 Å². The maximum absolute atomic E-state index is 12.9. The summed E-state index contributed by atoms with van der Waals surface area (Å²) in [5.41, 5.74) is 3.14. The molecule has 34 heavy (non-hydrogen) atoms. The first-order valence-electron chi connectivity index (χ1n) is 10.6. The van der Waals surface area contributed by atoms with E-state index in [0.717, 1.165) is 11.0 Å². The van der Waals surface area contributed by atoms with E-state index in [2.05, 4.69) is 25.3 Å². The predicted octanol–water partition coefficient (Wildman–Crippen LogP) is 5.30. The number of aromatic amines is 1. The third kappa shape index (κ3) is 5.20. The molecule has 0 saturated heterocycles. The lowest BCUT2D eigenvalue weighted by Crippen LogP contribution is -2.28. The van der Waals surface area contributed by atoms with Crippen molar-refractivity contribution in [3.05, 3.63) is 89.7 Å². The molecule has 9 heteroatoms. The molecular formula is C25H22F2N4O3. The van der Waals surface area contributed by atoms with Crippen LogP contribution in [0.1, 0.15) is 45.7 Å². The number of para-hydroxylation sites is 1. The Morgan fingerprint density at radius 3 is 2.59 bits per heavy atom. The highest BCUT2D eigenvalue weighted by atomic mass is 19.3. The highest BCUT2D eigenvalue weighted by Gasteiger charge is 2.20. The van der Waals surface area contributed by atoms with Crippen LogP contribution in [0.25, 0.3) is 11.0 Å². The van der Waals surface area contributed by atoms with E-state index < -0.39 is 18.6 Å². The molecule has 0 fully saturated rings. The largest absolute Gasteiger partial charge is 0.434 e. The zero-order valence-corrected chi connectivity index (χ0v) is 18.2. The van der Waals surface area contributed by atoms with Crippen LogP contribution in [0.5, 0.6) is 5.75 Å². The molecule has 0 unspecified atom stereocenters. The quantitative estimate of drug-likeness (QED) is 0.330. The number of rotatable bonds is 8. The fourth-order valence-electron chi connectivity index (χ4n) is 3.63. The zero-order chi connectivity index (χ0) is 24.1. The fourth-order valence-corrected chi connectivity index (χ4v) is 3.63. The number of carbonyl (C=O) groups is 2. The topological polar surface area (TPSA) is 96.1 Å². The van der Waals surface area contributed by atoms with E-state index in [-0.39, 0.29) is 11.7 Å². The molecule has 4 rings (SSSR count). The van der Waals surface area contributed by atoms with E-state index in [9.17, 15) is 18.4 Å². The average Bonchev–Trinajstić information content (AvgIpc) is 3.31. The number of fused-ring (bicyclic) bond motifs is 1. The Morgan fingerprint density at radius 1 is 1.00 bits per heavy atom. The summed E-state index contributed by atoms with van der Waals surface area (Å²) in [5, 5.41) is 5.64. The fraction of sp³-hybridized carbons (Fsp3) is 0.160. The second kappa shape index (κ2) is 10.1. The van der Waals surface area contributed by atoms with Gasteiger partial charge in [0, 0.05) is 22.4 Å². The van der Waals surface area contributed by atoms with Crippen molar-refractivity contribution in [3.8, 4) is 5.75 Å². The summed E-state index contributed by atoms with van der Waals surface area (Å²) in [5.74, 6) is -0.729. The molecule has 1 aromatic heterocycles. The van der Waals surface area contributed by atoms with Gasteiger partial charge in [0.15, 0.2) is 0 Å². The highest BCUT2D eigenvalue weighted by molar-refractivity contribution is 6.06. The number of anilines is 1. The molecule has 7 nitrogen and oxygen atoms in total. The van der Waals surface area contributed by atoms with Gasteiger partial charge in [-0.2, -0.15) is 8.78 Å². The minimum atomic E-state index is -2.97. The molecular weight excluding hydrogens is 442 g/mol. The van der Waals surface area contributed by atoms with Crippen LogP contribution in [0.3, 0.4) is 0 Å². The van der Waals surface area contributed by atoms with E-state index in [1.807, 2.05) is 6.92 Å². The van der Waals surface area contributed by atoms with Crippen LogP contribution >= 0.6 is 0 Å². The minimum Gasteiger partial charge on any atom is -0.434 e. The summed E-state index contributed by atoms with van der Waals surface area (Å²) in [6.07, 6.45) is 2.01. The van der Waals surface area contributed by atoms with Crippen LogP contribution in [0.15, 0.2) is 73.1 Å². The highest BCUT2D eigenvalue weighted by Crippen LogP contribution is 2.29. The molecule has 0 aliphatic rings. The van der Waals surface area contributed by atoms with Crippen molar-refractivity contribution in [2.24, 2.45) is 0 Å². The van der Waals surface area contributed by atoms with Crippen LogP contribution in [-0.4, -0.2) is 28.4 Å². The number of nitrogens with zero attached hydrogens (tertiary/aromatic N) is 1. The van der Waals surface area contributed by atoms with Crippen LogP contribution in [0, 0.1) is 0 Å². The van der Waals surface area contributed by atoms with E-state index in [1.54, 1.807) is 67.0 Å². The SMILES string of the molecule is CC[C@@H](NC(=O)c1cccc(NC(=O)c2ccc3nc[nH]c3c2)c1)c1ccccc1OC(F)F. The summed E-state index contributed by atoms with van der Waals surface area (Å²) in [4.78, 5) is 32.7. The van der Waals surface area contributed by atoms with Crippen LogP contribution in [0.4, 0.5) is 14.5 Å². The van der Waals surface area contributed by atoms with Crippen LogP contribution in [0.2, 0.25) is 0 Å². The van der Waals surface area contributed by atoms with Crippen molar-refractivity contribution in [3.63, 3.8) is 0 Å². The van der Waals surface area contributed by atoms with Gasteiger partial charge in [-0.15, -0.1) is 0 Å². The summed E-state index contributed by atoms with van der Waals surface area (Å²) in [6, 6.07) is 17.4. The number of ether oxygens (including phenoxy) is 1. The molecule has 0 aliphatic heterocycles. The Kier molecular flexibility index (Phi) is 6.82. The molecule has 0 spiro atoms. The van der Waals surface area contributed by atoms with E-state index in [0.29, 0.717) is 28.8 Å². The van der Waals surface area contributed by atoms with Crippen molar-refractivity contribution in [2.45, 2.75) is 26.0 Å². The first kappa shape index (κ1) is 22.9. The molecule has 0 bridgehead atoms. The van der Waals surface area contributed by atoms with E-state index in [4.69, 9.17) is 0 Å². The first-order chi connectivity index (χ1) is 16.4. The smallest absolute Gasteiger partial charge is 0.387 e. The molecule has 3 aromatic carbocycles. The number of nitrogens with one attached hydrogen (secondary N) is 3. The van der Waals surface area contributed by atoms with Crippen LogP contribution in [-0.2, 0) is 0 Å². The Labute approximate surface area is 194 Å². The second-order valence-electron chi connectivity index (χ2n) is 7.52. The average molecular weight is 464 g/mol. The monoisotopic (exact) mass is 464 g/mol. The summed E-state index contributed by atoms with van der Waals surface area (Å²) < 4.78 is 30.2. The van der Waals surface area contributed by atoms with Gasteiger partial charge in [-0.1, -0.05) is 31.2 Å². The molecule has 1 heterocycles. The van der Waals surface area contributed by atoms with Gasteiger partial charge in [0.1, 0.15) is 5.75 Å². The lowest BCUT2D eigenvalue weighted by Gasteiger charge is -2.20. The molecule has 3 N–H and O–H groups in total. The molecule has 4 aromatic rings. The number of amides is 2. The van der Waals surface area contributed by atoms with Gasteiger partial charge in [0.05, 0.1) is 23.4 Å². The number of imidazole rings is 1. The lowest BCUT2D eigenvalue weighted by atomic mass is 10.0. The molecule has 174 valence electrons. The number of alkyl halides is 2. The number of H-pyrrole nitrogens is 1. The van der Waals surface area contributed by atoms with Gasteiger partial charge < -0.3 is 20.4 Å². The first-order valence-corrected chi connectivity index (χ1v) is 10.6. The Morgan fingerprint density at radius 2 is 1.79 bits per heavy atom. The Bertz CT molecular complexity index is 1320. The Balaban J connectivity index is 1.48. The molecule has 0 aliphatic carbocycles. The van der Waals surface area contributed by atoms with E-state index in [1.165, 1.54) is 6.07 Å². The molecule has 1 atom stereocenters. The minimum absolute atomic E-state index is 0.0138. The number of halogens is 2. The van der Waals surface area contributed by atoms with Gasteiger partial charge in [-0.25, -0.2) is 4.98 Å². The molecule has 0 radical (unpaired) electrons. The third-order valence-electron chi connectivity index (χ3n) is 5.29. The van der Waals surface area contributed by atoms with Gasteiger partial charge >= 0.3 is 6.61 Å². The van der Waals surface area contributed by atoms with Gasteiger partial charge in [-0.05, 0) is 48.9 Å². The number of hydrogen-bond acceptors (Lipinski definition) is 4. The summed E-state index contributed by atoms with van der Waals surface area (Å²) in [7, 11) is 0.